The number of benzene rings is 3. The molecule has 3 nitrogen and oxygen atoms in total. The van der Waals surface area contributed by atoms with E-state index in [1.54, 1.807) is 4.40 Å². The molecule has 0 aliphatic heterocycles. The molecule has 0 aliphatic carbocycles. The van der Waals surface area contributed by atoms with E-state index in [9.17, 15) is 4.79 Å². The molecule has 0 unspecified atom stereocenters. The van der Waals surface area contributed by atoms with Gasteiger partial charge in [0.1, 0.15) is 5.65 Å². The van der Waals surface area contributed by atoms with Gasteiger partial charge in [0.05, 0.1) is 11.0 Å². The van der Waals surface area contributed by atoms with Crippen LogP contribution in [-0.2, 0) is 0 Å². The van der Waals surface area contributed by atoms with Gasteiger partial charge in [-0.3, -0.25) is 9.20 Å². The quantitative estimate of drug-likeness (QED) is 0.416. The summed E-state index contributed by atoms with van der Waals surface area (Å²) in [6, 6.07) is 17.7. The van der Waals surface area contributed by atoms with E-state index in [-0.39, 0.29) is 5.56 Å². The van der Waals surface area contributed by atoms with E-state index in [4.69, 9.17) is 4.98 Å². The second-order valence-electron chi connectivity index (χ2n) is 5.42. The summed E-state index contributed by atoms with van der Waals surface area (Å²) in [4.78, 5) is 17.7. The third-order valence-electron chi connectivity index (χ3n) is 4.20. The van der Waals surface area contributed by atoms with Crippen LogP contribution in [0.4, 0.5) is 0 Å². The van der Waals surface area contributed by atoms with Gasteiger partial charge in [0.15, 0.2) is 0 Å². The van der Waals surface area contributed by atoms with Crippen LogP contribution in [-0.4, -0.2) is 9.38 Å². The first-order valence-electron chi connectivity index (χ1n) is 6.99. The zero-order valence-electron chi connectivity index (χ0n) is 11.4. The van der Waals surface area contributed by atoms with Gasteiger partial charge in [-0.1, -0.05) is 46.3 Å². The molecule has 0 bridgehead atoms. The van der Waals surface area contributed by atoms with Crippen molar-refractivity contribution in [2.75, 3.05) is 0 Å². The number of imidazole rings is 1. The van der Waals surface area contributed by atoms with E-state index >= 15 is 0 Å². The van der Waals surface area contributed by atoms with E-state index in [1.165, 1.54) is 0 Å². The predicted molar refractivity (Wildman–Crippen MR) is 92.9 cm³/mol. The smallest absolute Gasteiger partial charge is 0.264 e. The van der Waals surface area contributed by atoms with Gasteiger partial charge >= 0.3 is 0 Å². The third kappa shape index (κ3) is 1.40. The highest BCUT2D eigenvalue weighted by Gasteiger charge is 2.15. The fraction of sp³-hybridized carbons (Fsp3) is 0. The molecule has 4 heteroatoms. The molecule has 22 heavy (non-hydrogen) atoms. The van der Waals surface area contributed by atoms with Gasteiger partial charge in [-0.25, -0.2) is 4.98 Å². The zero-order valence-corrected chi connectivity index (χ0v) is 13.0. The van der Waals surface area contributed by atoms with Gasteiger partial charge in [-0.15, -0.1) is 0 Å². The van der Waals surface area contributed by atoms with E-state index in [0.29, 0.717) is 0 Å². The highest BCUT2D eigenvalue weighted by molar-refractivity contribution is 9.10. The molecule has 5 aromatic rings. The maximum Gasteiger partial charge on any atom is 0.264 e. The van der Waals surface area contributed by atoms with Crippen molar-refractivity contribution >= 4 is 54.2 Å². The van der Waals surface area contributed by atoms with Crippen LogP contribution in [0.5, 0.6) is 0 Å². The number of aromatic nitrogens is 2. The maximum absolute atomic E-state index is 13.0. The molecule has 2 aromatic heterocycles. The Labute approximate surface area is 133 Å². The Hall–Kier alpha value is -2.46. The van der Waals surface area contributed by atoms with E-state index in [1.807, 2.05) is 54.6 Å². The first kappa shape index (κ1) is 12.1. The van der Waals surface area contributed by atoms with Gasteiger partial charge in [-0.2, -0.15) is 0 Å². The van der Waals surface area contributed by atoms with Crippen molar-refractivity contribution in [1.29, 1.82) is 0 Å². The lowest BCUT2D eigenvalue weighted by Gasteiger charge is -2.06. The van der Waals surface area contributed by atoms with Crippen LogP contribution in [0.2, 0.25) is 0 Å². The predicted octanol–water partition coefficient (Wildman–Crippen LogP) is 4.35. The van der Waals surface area contributed by atoms with Gasteiger partial charge < -0.3 is 0 Å². The van der Waals surface area contributed by atoms with E-state index in [2.05, 4.69) is 15.9 Å². The standard InChI is InChI=1S/C18H9BrN2O/c19-11-7-8-15-14(9-11)20-17-12-5-1-3-10-4-2-6-13(16(10)12)18(22)21(15)17/h1-9H. The van der Waals surface area contributed by atoms with Crippen LogP contribution < -0.4 is 5.56 Å². The summed E-state index contributed by atoms with van der Waals surface area (Å²) in [5.41, 5.74) is 2.38. The average molecular weight is 349 g/mol. The molecule has 0 fully saturated rings. The highest BCUT2D eigenvalue weighted by Crippen LogP contribution is 2.29. The van der Waals surface area contributed by atoms with Crippen LogP contribution in [0.1, 0.15) is 0 Å². The molecule has 0 radical (unpaired) electrons. The summed E-state index contributed by atoms with van der Waals surface area (Å²) in [7, 11) is 0. The second-order valence-corrected chi connectivity index (χ2v) is 6.33. The molecule has 0 spiro atoms. The van der Waals surface area contributed by atoms with Gasteiger partial charge in [0.2, 0.25) is 0 Å². The Balaban J connectivity index is 2.22. The van der Waals surface area contributed by atoms with Crippen molar-refractivity contribution in [2.24, 2.45) is 0 Å². The number of fused-ring (bicyclic) bond motifs is 4. The average Bonchev–Trinajstić information content (AvgIpc) is 2.91. The van der Waals surface area contributed by atoms with Crippen LogP contribution >= 0.6 is 15.9 Å². The van der Waals surface area contributed by atoms with Crippen LogP contribution in [0.3, 0.4) is 0 Å². The van der Waals surface area contributed by atoms with Gasteiger partial charge in [-0.05, 0) is 29.7 Å². The monoisotopic (exact) mass is 348 g/mol. The number of hydrogen-bond donors (Lipinski definition) is 0. The van der Waals surface area contributed by atoms with Crippen molar-refractivity contribution in [1.82, 2.24) is 9.38 Å². The summed E-state index contributed by atoms with van der Waals surface area (Å²) < 4.78 is 2.68. The highest BCUT2D eigenvalue weighted by atomic mass is 79.9. The lowest BCUT2D eigenvalue weighted by atomic mass is 10.0. The molecule has 0 atom stereocenters. The summed E-state index contributed by atoms with van der Waals surface area (Å²) in [6.45, 7) is 0. The van der Waals surface area contributed by atoms with Crippen molar-refractivity contribution in [3.63, 3.8) is 0 Å². The molecule has 0 N–H and O–H groups in total. The Morgan fingerprint density at radius 1 is 0.955 bits per heavy atom. The molecule has 0 saturated heterocycles. The largest absolute Gasteiger partial charge is 0.268 e. The first-order valence-corrected chi connectivity index (χ1v) is 7.78. The number of hydrogen-bond acceptors (Lipinski definition) is 2. The molecular weight excluding hydrogens is 340 g/mol. The molecule has 5 rings (SSSR count). The minimum atomic E-state index is -0.0101. The summed E-state index contributed by atoms with van der Waals surface area (Å²) in [6.07, 6.45) is 0. The summed E-state index contributed by atoms with van der Waals surface area (Å²) >= 11 is 3.46. The minimum Gasteiger partial charge on any atom is -0.268 e. The lowest BCUT2D eigenvalue weighted by Crippen LogP contribution is -2.13. The Bertz CT molecular complexity index is 1250. The zero-order chi connectivity index (χ0) is 14.8. The van der Waals surface area contributed by atoms with Crippen molar-refractivity contribution < 1.29 is 0 Å². The van der Waals surface area contributed by atoms with Crippen LogP contribution in [0.25, 0.3) is 38.2 Å². The number of halogens is 1. The molecule has 104 valence electrons. The van der Waals surface area contributed by atoms with Crippen LogP contribution in [0, 0.1) is 0 Å². The molecule has 2 heterocycles. The van der Waals surface area contributed by atoms with E-state index < -0.39 is 0 Å². The topological polar surface area (TPSA) is 34.4 Å². The van der Waals surface area contributed by atoms with Crippen LogP contribution in [0.15, 0.2) is 63.9 Å². The molecule has 0 saturated carbocycles. The normalized spacial score (nSPS) is 12.0. The summed E-state index contributed by atoms with van der Waals surface area (Å²) in [5, 5.41) is 3.82. The fourth-order valence-corrected chi connectivity index (χ4v) is 3.61. The number of rotatable bonds is 0. The minimum absolute atomic E-state index is 0.0101. The van der Waals surface area contributed by atoms with Gasteiger partial charge in [0, 0.05) is 20.6 Å². The van der Waals surface area contributed by atoms with E-state index in [0.717, 1.165) is 42.7 Å². The maximum atomic E-state index is 13.0. The first-order chi connectivity index (χ1) is 10.7. The number of nitrogens with zero attached hydrogens (tertiary/aromatic N) is 2. The van der Waals surface area contributed by atoms with Gasteiger partial charge in [0.25, 0.3) is 5.56 Å². The van der Waals surface area contributed by atoms with Crippen molar-refractivity contribution in [2.45, 2.75) is 0 Å². The Morgan fingerprint density at radius 3 is 2.55 bits per heavy atom. The fourth-order valence-electron chi connectivity index (χ4n) is 3.27. The molecule has 0 aliphatic rings. The van der Waals surface area contributed by atoms with Crippen molar-refractivity contribution in [3.8, 4) is 0 Å². The molecule has 3 aromatic carbocycles. The SMILES string of the molecule is O=c1c2cccc3cccc(c32)c2nc3cc(Br)ccc3n12. The number of pyridine rings is 1. The lowest BCUT2D eigenvalue weighted by molar-refractivity contribution is 1.19. The van der Waals surface area contributed by atoms with Crippen molar-refractivity contribution in [3.05, 3.63) is 69.4 Å². The molecule has 0 amide bonds. The Morgan fingerprint density at radius 2 is 1.73 bits per heavy atom. The Kier molecular flexibility index (Phi) is 2.23. The molecular formula is C18H9BrN2O. The third-order valence-corrected chi connectivity index (χ3v) is 4.69. The second kappa shape index (κ2) is 4.05. The summed E-state index contributed by atoms with van der Waals surface area (Å²) in [5.74, 6) is 0.